The number of hydrogen-bond acceptors (Lipinski definition) is 3. The summed E-state index contributed by atoms with van der Waals surface area (Å²) >= 11 is 4.18. The van der Waals surface area contributed by atoms with Crippen LogP contribution < -0.4 is 5.32 Å². The second-order valence-corrected chi connectivity index (χ2v) is 5.00. The third-order valence-corrected chi connectivity index (χ3v) is 2.80. The molecule has 86 valence electrons. The summed E-state index contributed by atoms with van der Waals surface area (Å²) in [5.41, 5.74) is 0.0604. The first-order valence-corrected chi connectivity index (χ1v) is 6.08. The van der Waals surface area contributed by atoms with Crippen molar-refractivity contribution < 1.29 is 4.42 Å². The molecule has 0 bridgehead atoms. The first-order chi connectivity index (χ1) is 7.06. The molecule has 3 heteroatoms. The van der Waals surface area contributed by atoms with Crippen LogP contribution in [0.15, 0.2) is 16.5 Å². The predicted octanol–water partition coefficient (Wildman–Crippen LogP) is 2.78. The Morgan fingerprint density at radius 3 is 2.67 bits per heavy atom. The van der Waals surface area contributed by atoms with Crippen LogP contribution >= 0.6 is 12.6 Å². The zero-order chi connectivity index (χ0) is 11.3. The molecule has 1 rings (SSSR count). The van der Waals surface area contributed by atoms with Crippen LogP contribution in [0.3, 0.4) is 0 Å². The fourth-order valence-electron chi connectivity index (χ4n) is 1.49. The first-order valence-electron chi connectivity index (χ1n) is 5.45. The molecule has 0 amide bonds. The van der Waals surface area contributed by atoms with Gasteiger partial charge in [-0.15, -0.1) is 0 Å². The van der Waals surface area contributed by atoms with Gasteiger partial charge in [0.2, 0.25) is 0 Å². The van der Waals surface area contributed by atoms with Crippen LogP contribution in [0, 0.1) is 6.92 Å². The molecule has 0 saturated carbocycles. The summed E-state index contributed by atoms with van der Waals surface area (Å²) in [6, 6.07) is 4.08. The summed E-state index contributed by atoms with van der Waals surface area (Å²) in [5.74, 6) is 2.97. The second-order valence-electron chi connectivity index (χ2n) is 4.55. The lowest BCUT2D eigenvalue weighted by atomic mass is 9.90. The normalized spacial score (nSPS) is 12.0. The molecular weight excluding hydrogens is 206 g/mol. The Balaban J connectivity index is 2.44. The van der Waals surface area contributed by atoms with E-state index in [4.69, 9.17) is 4.42 Å². The number of hydrogen-bond donors (Lipinski definition) is 2. The molecule has 2 nitrogen and oxygen atoms in total. The zero-order valence-electron chi connectivity index (χ0n) is 9.84. The molecule has 0 atom stereocenters. The van der Waals surface area contributed by atoms with E-state index in [1.54, 1.807) is 0 Å². The van der Waals surface area contributed by atoms with E-state index < -0.39 is 0 Å². The minimum atomic E-state index is 0.0604. The molecule has 0 aliphatic rings. The Kier molecular flexibility index (Phi) is 4.74. The Bertz CT molecular complexity index is 294. The van der Waals surface area contributed by atoms with Gasteiger partial charge in [-0.3, -0.25) is 0 Å². The van der Waals surface area contributed by atoms with Crippen LogP contribution in [0.4, 0.5) is 0 Å². The van der Waals surface area contributed by atoms with Crippen molar-refractivity contribution in [3.63, 3.8) is 0 Å². The lowest BCUT2D eigenvalue weighted by molar-refractivity contribution is 0.358. The molecular formula is C12H21NOS. The van der Waals surface area contributed by atoms with Crippen LogP contribution in [0.1, 0.15) is 31.8 Å². The third-order valence-electron chi connectivity index (χ3n) is 2.49. The van der Waals surface area contributed by atoms with Crippen molar-refractivity contribution in [1.82, 2.24) is 5.32 Å². The van der Waals surface area contributed by atoms with E-state index in [1.165, 1.54) is 0 Å². The lowest BCUT2D eigenvalue weighted by Gasteiger charge is -2.22. The van der Waals surface area contributed by atoms with Gasteiger partial charge < -0.3 is 9.73 Å². The van der Waals surface area contributed by atoms with E-state index in [9.17, 15) is 0 Å². The van der Waals surface area contributed by atoms with Crippen LogP contribution in [-0.2, 0) is 5.41 Å². The number of furan rings is 1. The van der Waals surface area contributed by atoms with E-state index in [1.807, 2.05) is 13.0 Å². The van der Waals surface area contributed by atoms with Gasteiger partial charge >= 0.3 is 0 Å². The van der Waals surface area contributed by atoms with E-state index >= 15 is 0 Å². The molecule has 1 N–H and O–H groups in total. The summed E-state index contributed by atoms with van der Waals surface area (Å²) in [5, 5.41) is 3.43. The Morgan fingerprint density at radius 1 is 1.40 bits per heavy atom. The largest absolute Gasteiger partial charge is 0.466 e. The van der Waals surface area contributed by atoms with Gasteiger partial charge in [0.15, 0.2) is 0 Å². The molecule has 0 aliphatic heterocycles. The molecule has 0 saturated heterocycles. The third kappa shape index (κ3) is 3.92. The molecule has 0 spiro atoms. The molecule has 0 aliphatic carbocycles. The number of rotatable bonds is 6. The number of thiol groups is 1. The quantitative estimate of drug-likeness (QED) is 0.577. The molecule has 0 radical (unpaired) electrons. The van der Waals surface area contributed by atoms with Crippen molar-refractivity contribution in [3.05, 3.63) is 23.7 Å². The Labute approximate surface area is 97.9 Å². The predicted molar refractivity (Wildman–Crippen MR) is 67.8 cm³/mol. The van der Waals surface area contributed by atoms with E-state index in [2.05, 4.69) is 37.9 Å². The molecule has 1 aromatic heterocycles. The smallest absolute Gasteiger partial charge is 0.111 e. The van der Waals surface area contributed by atoms with Gasteiger partial charge in [0.05, 0.1) is 0 Å². The van der Waals surface area contributed by atoms with Crippen LogP contribution in [0.25, 0.3) is 0 Å². The van der Waals surface area contributed by atoms with E-state index in [0.29, 0.717) is 0 Å². The van der Waals surface area contributed by atoms with Gasteiger partial charge in [0.1, 0.15) is 11.5 Å². The van der Waals surface area contributed by atoms with Gasteiger partial charge in [-0.05, 0) is 37.8 Å². The van der Waals surface area contributed by atoms with Gasteiger partial charge in [0, 0.05) is 12.0 Å². The van der Waals surface area contributed by atoms with Crippen molar-refractivity contribution >= 4 is 12.6 Å². The Hall–Kier alpha value is -0.410. The molecule has 15 heavy (non-hydrogen) atoms. The summed E-state index contributed by atoms with van der Waals surface area (Å²) in [6.07, 6.45) is 1.11. The maximum absolute atomic E-state index is 5.65. The highest BCUT2D eigenvalue weighted by Gasteiger charge is 2.23. The summed E-state index contributed by atoms with van der Waals surface area (Å²) in [6.45, 7) is 8.33. The van der Waals surface area contributed by atoms with Crippen molar-refractivity contribution in [2.45, 2.75) is 32.6 Å². The average Bonchev–Trinajstić information content (AvgIpc) is 2.60. The molecule has 0 aromatic carbocycles. The van der Waals surface area contributed by atoms with Crippen molar-refractivity contribution in [1.29, 1.82) is 0 Å². The van der Waals surface area contributed by atoms with Gasteiger partial charge in [-0.25, -0.2) is 0 Å². The van der Waals surface area contributed by atoms with Crippen molar-refractivity contribution in [2.24, 2.45) is 0 Å². The first kappa shape index (κ1) is 12.7. The maximum atomic E-state index is 5.65. The topological polar surface area (TPSA) is 25.2 Å². The van der Waals surface area contributed by atoms with Crippen LogP contribution in [0.2, 0.25) is 0 Å². The van der Waals surface area contributed by atoms with Crippen molar-refractivity contribution in [3.8, 4) is 0 Å². The number of nitrogens with one attached hydrogen (secondary N) is 1. The average molecular weight is 227 g/mol. The summed E-state index contributed by atoms with van der Waals surface area (Å²) in [4.78, 5) is 0. The second kappa shape index (κ2) is 5.61. The van der Waals surface area contributed by atoms with Gasteiger partial charge in [-0.1, -0.05) is 13.8 Å². The highest BCUT2D eigenvalue weighted by molar-refractivity contribution is 7.80. The minimum absolute atomic E-state index is 0.0604. The van der Waals surface area contributed by atoms with Crippen LogP contribution in [0.5, 0.6) is 0 Å². The lowest BCUT2D eigenvalue weighted by Crippen LogP contribution is -2.33. The Morgan fingerprint density at radius 2 is 2.13 bits per heavy atom. The molecule has 1 heterocycles. The summed E-state index contributed by atoms with van der Waals surface area (Å²) < 4.78 is 5.65. The van der Waals surface area contributed by atoms with E-state index in [-0.39, 0.29) is 5.41 Å². The van der Waals surface area contributed by atoms with Crippen molar-refractivity contribution in [2.75, 3.05) is 18.8 Å². The zero-order valence-corrected chi connectivity index (χ0v) is 10.7. The number of aryl methyl sites for hydroxylation is 1. The highest BCUT2D eigenvalue weighted by atomic mass is 32.1. The molecule has 1 aromatic rings. The molecule has 0 unspecified atom stereocenters. The summed E-state index contributed by atoms with van der Waals surface area (Å²) in [7, 11) is 0. The monoisotopic (exact) mass is 227 g/mol. The van der Waals surface area contributed by atoms with Crippen LogP contribution in [-0.4, -0.2) is 18.8 Å². The highest BCUT2D eigenvalue weighted by Crippen LogP contribution is 2.24. The standard InChI is InChI=1S/C12H21NOS/c1-10-5-6-11(14-10)12(2,3)9-13-7-4-8-15/h5-6,13,15H,4,7-9H2,1-3H3. The maximum Gasteiger partial charge on any atom is 0.111 e. The van der Waals surface area contributed by atoms with Gasteiger partial charge in [0.25, 0.3) is 0 Å². The van der Waals surface area contributed by atoms with Gasteiger partial charge in [-0.2, -0.15) is 12.6 Å². The fraction of sp³-hybridized carbons (Fsp3) is 0.667. The SMILES string of the molecule is Cc1ccc(C(C)(C)CNCCCS)o1. The fourth-order valence-corrected chi connectivity index (χ4v) is 1.65. The van der Waals surface area contributed by atoms with E-state index in [0.717, 1.165) is 36.8 Å². The minimum Gasteiger partial charge on any atom is -0.466 e. The molecule has 0 fully saturated rings.